The highest BCUT2D eigenvalue weighted by Crippen LogP contribution is 2.18. The van der Waals surface area contributed by atoms with Gasteiger partial charge in [0, 0.05) is 45.3 Å². The molecule has 0 radical (unpaired) electrons. The molecule has 1 aromatic carbocycles. The molecule has 2 aromatic heterocycles. The Morgan fingerprint density at radius 3 is 2.72 bits per heavy atom. The van der Waals surface area contributed by atoms with E-state index in [-0.39, 0.29) is 17.9 Å². The second-order valence-electron chi connectivity index (χ2n) is 7.15. The first kappa shape index (κ1) is 19.6. The van der Waals surface area contributed by atoms with Gasteiger partial charge in [-0.05, 0) is 29.1 Å². The molecule has 1 aliphatic rings. The van der Waals surface area contributed by atoms with Crippen molar-refractivity contribution in [3.8, 4) is 0 Å². The number of fused-ring (bicyclic) bond motifs is 1. The number of carbonyl (C=O) groups excluding carboxylic acids is 1. The Morgan fingerprint density at radius 2 is 1.97 bits per heavy atom. The third kappa shape index (κ3) is 4.49. The van der Waals surface area contributed by atoms with E-state index >= 15 is 0 Å². The van der Waals surface area contributed by atoms with Gasteiger partial charge in [0.05, 0.1) is 24.9 Å². The molecule has 3 aromatic rings. The van der Waals surface area contributed by atoms with Crippen LogP contribution >= 0.6 is 11.3 Å². The van der Waals surface area contributed by atoms with Crippen LogP contribution in [0.15, 0.2) is 46.8 Å². The summed E-state index contributed by atoms with van der Waals surface area (Å²) in [7, 11) is 1.79. The summed E-state index contributed by atoms with van der Waals surface area (Å²) >= 11 is 1.44. The topological polar surface area (TPSA) is 67.7 Å². The van der Waals surface area contributed by atoms with E-state index < -0.39 is 0 Å². The molecule has 8 heteroatoms. The lowest BCUT2D eigenvalue weighted by Gasteiger charge is -2.29. The van der Waals surface area contributed by atoms with Gasteiger partial charge in [0.15, 0.2) is 0 Å². The summed E-state index contributed by atoms with van der Waals surface area (Å²) in [5.41, 5.74) is 2.17. The SMILES string of the molecule is CN(Cc1ccc(N2CCOCC2)cc1)C(=O)CCn1cnc2sccc2c1=O. The van der Waals surface area contributed by atoms with Gasteiger partial charge in [-0.2, -0.15) is 0 Å². The van der Waals surface area contributed by atoms with Crippen molar-refractivity contribution in [1.29, 1.82) is 0 Å². The standard InChI is InChI=1S/C21H24N4O3S/c1-23(14-16-2-4-17(5-3-16)24-9-11-28-12-10-24)19(26)6-8-25-15-22-20-18(21(25)27)7-13-29-20/h2-5,7,13,15H,6,8-12,14H2,1H3. The predicted octanol–water partition coefficient (Wildman–Crippen LogP) is 2.34. The van der Waals surface area contributed by atoms with Crippen molar-refractivity contribution >= 4 is 33.1 Å². The second-order valence-corrected chi connectivity index (χ2v) is 8.04. The molecule has 4 rings (SSSR count). The highest BCUT2D eigenvalue weighted by Gasteiger charge is 2.13. The molecule has 1 fully saturated rings. The largest absolute Gasteiger partial charge is 0.378 e. The Hall–Kier alpha value is -2.71. The third-order valence-electron chi connectivity index (χ3n) is 5.18. The highest BCUT2D eigenvalue weighted by atomic mass is 32.1. The number of hydrogen-bond acceptors (Lipinski definition) is 6. The summed E-state index contributed by atoms with van der Waals surface area (Å²) in [5, 5.41) is 2.46. The minimum absolute atomic E-state index is 0.000397. The maximum Gasteiger partial charge on any atom is 0.262 e. The van der Waals surface area contributed by atoms with Crippen molar-refractivity contribution in [1.82, 2.24) is 14.5 Å². The molecule has 29 heavy (non-hydrogen) atoms. The fourth-order valence-corrected chi connectivity index (χ4v) is 4.18. The number of morpholine rings is 1. The Labute approximate surface area is 173 Å². The van der Waals surface area contributed by atoms with Crippen molar-refractivity contribution < 1.29 is 9.53 Å². The molecule has 0 atom stereocenters. The van der Waals surface area contributed by atoms with Gasteiger partial charge in [0.25, 0.3) is 5.56 Å². The third-order valence-corrected chi connectivity index (χ3v) is 6.00. The zero-order valence-corrected chi connectivity index (χ0v) is 17.2. The van der Waals surface area contributed by atoms with Gasteiger partial charge >= 0.3 is 0 Å². The van der Waals surface area contributed by atoms with E-state index in [9.17, 15) is 9.59 Å². The number of aryl methyl sites for hydroxylation is 1. The minimum Gasteiger partial charge on any atom is -0.378 e. The Kier molecular flexibility index (Phi) is 5.92. The van der Waals surface area contributed by atoms with E-state index in [4.69, 9.17) is 4.74 Å². The van der Waals surface area contributed by atoms with Gasteiger partial charge in [-0.25, -0.2) is 4.98 Å². The van der Waals surface area contributed by atoms with Crippen LogP contribution in [-0.4, -0.2) is 53.7 Å². The van der Waals surface area contributed by atoms with Gasteiger partial charge in [-0.1, -0.05) is 12.1 Å². The van der Waals surface area contributed by atoms with E-state index in [1.54, 1.807) is 18.0 Å². The van der Waals surface area contributed by atoms with Crippen molar-refractivity contribution in [3.63, 3.8) is 0 Å². The Balaban J connectivity index is 1.33. The summed E-state index contributed by atoms with van der Waals surface area (Å²) in [5.74, 6) is -0.000397. The Morgan fingerprint density at radius 1 is 1.21 bits per heavy atom. The molecule has 1 saturated heterocycles. The molecule has 0 aliphatic carbocycles. The van der Waals surface area contributed by atoms with Crippen LogP contribution in [0, 0.1) is 0 Å². The second kappa shape index (κ2) is 8.75. The number of ether oxygens (including phenoxy) is 1. The quantitative estimate of drug-likeness (QED) is 0.622. The van der Waals surface area contributed by atoms with Crippen LogP contribution in [0.5, 0.6) is 0 Å². The number of benzene rings is 1. The fraction of sp³-hybridized carbons (Fsp3) is 0.381. The lowest BCUT2D eigenvalue weighted by atomic mass is 10.1. The van der Waals surface area contributed by atoms with Crippen molar-refractivity contribution in [2.45, 2.75) is 19.5 Å². The van der Waals surface area contributed by atoms with Gasteiger partial charge < -0.3 is 14.5 Å². The number of nitrogens with zero attached hydrogens (tertiary/aromatic N) is 4. The molecular formula is C21H24N4O3S. The average Bonchev–Trinajstić information content (AvgIpc) is 3.24. The smallest absolute Gasteiger partial charge is 0.262 e. The van der Waals surface area contributed by atoms with E-state index in [1.807, 2.05) is 5.38 Å². The Bertz CT molecular complexity index is 1040. The van der Waals surface area contributed by atoms with Crippen LogP contribution in [0.3, 0.4) is 0 Å². The van der Waals surface area contributed by atoms with Gasteiger partial charge in [-0.3, -0.25) is 14.2 Å². The molecule has 152 valence electrons. The molecule has 0 unspecified atom stereocenters. The molecule has 7 nitrogen and oxygen atoms in total. The number of aromatic nitrogens is 2. The normalized spacial score (nSPS) is 14.3. The van der Waals surface area contributed by atoms with E-state index in [2.05, 4.69) is 34.1 Å². The van der Waals surface area contributed by atoms with Crippen LogP contribution in [0.2, 0.25) is 0 Å². The number of thiophene rings is 1. The summed E-state index contributed by atoms with van der Waals surface area (Å²) < 4.78 is 6.90. The lowest BCUT2D eigenvalue weighted by Crippen LogP contribution is -2.36. The van der Waals surface area contributed by atoms with Crippen LogP contribution in [0.1, 0.15) is 12.0 Å². The summed E-state index contributed by atoms with van der Waals surface area (Å²) in [6.07, 6.45) is 1.79. The van der Waals surface area contributed by atoms with Crippen molar-refractivity contribution in [2.24, 2.45) is 0 Å². The van der Waals surface area contributed by atoms with E-state index in [1.165, 1.54) is 27.9 Å². The summed E-state index contributed by atoms with van der Waals surface area (Å²) in [6.45, 7) is 4.20. The van der Waals surface area contributed by atoms with Gasteiger partial charge in [0.1, 0.15) is 4.83 Å². The van der Waals surface area contributed by atoms with Crippen LogP contribution in [-0.2, 0) is 22.6 Å². The molecule has 0 bridgehead atoms. The number of carbonyl (C=O) groups is 1. The first-order valence-electron chi connectivity index (χ1n) is 9.70. The highest BCUT2D eigenvalue weighted by molar-refractivity contribution is 7.16. The molecular weight excluding hydrogens is 388 g/mol. The number of anilines is 1. The van der Waals surface area contributed by atoms with Gasteiger partial charge in [-0.15, -0.1) is 11.3 Å². The molecule has 0 saturated carbocycles. The summed E-state index contributed by atoms with van der Waals surface area (Å²) in [6, 6.07) is 10.1. The van der Waals surface area contributed by atoms with E-state index in [0.717, 1.165) is 36.7 Å². The maximum absolute atomic E-state index is 12.5. The average molecular weight is 413 g/mol. The van der Waals surface area contributed by atoms with Crippen LogP contribution in [0.25, 0.3) is 10.2 Å². The maximum atomic E-state index is 12.5. The van der Waals surface area contributed by atoms with Crippen molar-refractivity contribution in [2.75, 3.05) is 38.3 Å². The number of amides is 1. The fourth-order valence-electron chi connectivity index (χ4n) is 3.46. The first-order chi connectivity index (χ1) is 14.1. The molecule has 1 amide bonds. The molecule has 0 N–H and O–H groups in total. The van der Waals surface area contributed by atoms with Crippen molar-refractivity contribution in [3.05, 3.63) is 58.0 Å². The first-order valence-corrected chi connectivity index (χ1v) is 10.6. The zero-order chi connectivity index (χ0) is 20.2. The number of rotatable bonds is 6. The molecule has 0 spiro atoms. The number of hydrogen-bond donors (Lipinski definition) is 0. The molecule has 1 aliphatic heterocycles. The summed E-state index contributed by atoms with van der Waals surface area (Å²) in [4.78, 5) is 34.0. The monoisotopic (exact) mass is 412 g/mol. The van der Waals surface area contributed by atoms with Crippen LogP contribution in [0.4, 0.5) is 5.69 Å². The molecule has 3 heterocycles. The predicted molar refractivity (Wildman–Crippen MR) is 114 cm³/mol. The lowest BCUT2D eigenvalue weighted by molar-refractivity contribution is -0.130. The zero-order valence-electron chi connectivity index (χ0n) is 16.4. The van der Waals surface area contributed by atoms with Crippen LogP contribution < -0.4 is 10.5 Å². The van der Waals surface area contributed by atoms with E-state index in [0.29, 0.717) is 18.5 Å². The van der Waals surface area contributed by atoms with Gasteiger partial charge in [0.2, 0.25) is 5.91 Å². The minimum atomic E-state index is -0.0922.